The SMILES string of the molecule is CCCCCCCCS(=O)(=O)N[C@@H](CC1CCCCC1)C(=O)N[C@@H](C[C@@H]1CCNC1=O)C(O)S(=O)(=O)[O-].[Na+]. The Balaban J connectivity index is 0.00000722. The summed E-state index contributed by atoms with van der Waals surface area (Å²) in [5, 5.41) is 15.2. The molecule has 4 atom stereocenters. The third kappa shape index (κ3) is 12.9. The average molecular weight is 590 g/mol. The Morgan fingerprint density at radius 1 is 1.03 bits per heavy atom. The maximum Gasteiger partial charge on any atom is 1.00 e. The zero-order chi connectivity index (χ0) is 27.5. The molecular weight excluding hydrogens is 545 g/mol. The number of aliphatic hydroxyl groups excluding tert-OH is 1. The van der Waals surface area contributed by atoms with Crippen LogP contribution in [0.1, 0.15) is 96.8 Å². The molecule has 14 heteroatoms. The van der Waals surface area contributed by atoms with Gasteiger partial charge in [0.05, 0.1) is 11.8 Å². The summed E-state index contributed by atoms with van der Waals surface area (Å²) in [7, 11) is -9.00. The van der Waals surface area contributed by atoms with Crippen LogP contribution in [0.25, 0.3) is 0 Å². The van der Waals surface area contributed by atoms with Crippen LogP contribution in [0.15, 0.2) is 0 Å². The Morgan fingerprint density at radius 3 is 2.24 bits per heavy atom. The van der Waals surface area contributed by atoms with Crippen LogP contribution in [0, 0.1) is 11.8 Å². The summed E-state index contributed by atoms with van der Waals surface area (Å²) in [5.74, 6) is -1.84. The Kier molecular flexibility index (Phi) is 16.5. The van der Waals surface area contributed by atoms with Crippen molar-refractivity contribution >= 4 is 32.0 Å². The first-order valence-electron chi connectivity index (χ1n) is 13.6. The summed E-state index contributed by atoms with van der Waals surface area (Å²) in [6, 6.07) is -2.71. The van der Waals surface area contributed by atoms with E-state index >= 15 is 0 Å². The molecular formula is C24H44N3NaO8S2. The van der Waals surface area contributed by atoms with Crippen molar-refractivity contribution in [2.45, 2.75) is 114 Å². The van der Waals surface area contributed by atoms with Crippen molar-refractivity contribution < 1.29 is 65.6 Å². The predicted molar refractivity (Wildman–Crippen MR) is 139 cm³/mol. The number of sulfonamides is 1. The summed E-state index contributed by atoms with van der Waals surface area (Å²) in [4.78, 5) is 25.3. The van der Waals surface area contributed by atoms with Gasteiger partial charge in [0.1, 0.15) is 16.2 Å². The van der Waals surface area contributed by atoms with Gasteiger partial charge in [0, 0.05) is 12.5 Å². The van der Waals surface area contributed by atoms with Crippen molar-refractivity contribution in [1.82, 2.24) is 15.4 Å². The second-order valence-corrected chi connectivity index (χ2v) is 13.8. The minimum absolute atomic E-state index is 0. The monoisotopic (exact) mass is 589 g/mol. The van der Waals surface area contributed by atoms with E-state index in [1.165, 1.54) is 0 Å². The van der Waals surface area contributed by atoms with Gasteiger partial charge in [-0.25, -0.2) is 21.6 Å². The number of aliphatic hydroxyl groups is 1. The second-order valence-electron chi connectivity index (χ2n) is 10.5. The Hall–Kier alpha value is -0.280. The summed E-state index contributed by atoms with van der Waals surface area (Å²) >= 11 is 0. The van der Waals surface area contributed by atoms with Gasteiger partial charge in [-0.05, 0) is 31.6 Å². The quantitative estimate of drug-likeness (QED) is 0.0897. The molecule has 4 N–H and O–H groups in total. The maximum absolute atomic E-state index is 13.3. The van der Waals surface area contributed by atoms with E-state index in [-0.39, 0.29) is 60.0 Å². The first-order valence-corrected chi connectivity index (χ1v) is 16.8. The topological polar surface area (TPSA) is 182 Å². The van der Waals surface area contributed by atoms with E-state index in [9.17, 15) is 36.1 Å². The number of hydrogen-bond donors (Lipinski definition) is 4. The number of carbonyl (C=O) groups excluding carboxylic acids is 2. The normalized spacial score (nSPS) is 21.2. The number of rotatable bonds is 17. The molecule has 2 fully saturated rings. The Morgan fingerprint density at radius 2 is 1.66 bits per heavy atom. The maximum atomic E-state index is 13.3. The van der Waals surface area contributed by atoms with Gasteiger partial charge >= 0.3 is 29.6 Å². The van der Waals surface area contributed by atoms with Crippen LogP contribution in [0.3, 0.4) is 0 Å². The van der Waals surface area contributed by atoms with Gasteiger partial charge in [0.25, 0.3) is 0 Å². The van der Waals surface area contributed by atoms with E-state index in [0.29, 0.717) is 19.4 Å². The molecule has 1 unspecified atom stereocenters. The molecule has 1 saturated carbocycles. The van der Waals surface area contributed by atoms with E-state index in [1.807, 2.05) is 0 Å². The minimum Gasteiger partial charge on any atom is -0.746 e. The summed E-state index contributed by atoms with van der Waals surface area (Å²) in [5.41, 5.74) is -2.46. The van der Waals surface area contributed by atoms with Crippen LogP contribution in [0.4, 0.5) is 0 Å². The smallest absolute Gasteiger partial charge is 0.746 e. The van der Waals surface area contributed by atoms with Crippen LogP contribution in [-0.4, -0.2) is 68.1 Å². The van der Waals surface area contributed by atoms with Gasteiger partial charge in [-0.3, -0.25) is 9.59 Å². The second kappa shape index (κ2) is 17.5. The third-order valence-electron chi connectivity index (χ3n) is 7.37. The van der Waals surface area contributed by atoms with Gasteiger partial charge in [-0.2, -0.15) is 0 Å². The molecule has 216 valence electrons. The van der Waals surface area contributed by atoms with Crippen LogP contribution in [0.5, 0.6) is 0 Å². The van der Waals surface area contributed by atoms with Crippen molar-refractivity contribution in [3.8, 4) is 0 Å². The van der Waals surface area contributed by atoms with Crippen molar-refractivity contribution in [3.63, 3.8) is 0 Å². The molecule has 1 saturated heterocycles. The fourth-order valence-electron chi connectivity index (χ4n) is 5.22. The standard InChI is InChI=1S/C24H45N3O8S2.Na/c1-2-3-4-5-6-10-15-36(31,32)27-20(16-18-11-8-7-9-12-18)23(29)26-21(24(30)37(33,34)35)17-19-13-14-25-22(19)28;/h18-21,24,27,30H,2-17H2,1H3,(H,25,28)(H,26,29)(H,33,34,35);/q;+1/p-1/t19-,20-,21-,24?;/m0./s1. The van der Waals surface area contributed by atoms with E-state index in [2.05, 4.69) is 22.3 Å². The van der Waals surface area contributed by atoms with Gasteiger partial charge in [0.2, 0.25) is 21.8 Å². The Labute approximate surface area is 250 Å². The zero-order valence-electron chi connectivity index (χ0n) is 22.8. The fraction of sp³-hybridized carbons (Fsp3) is 0.917. The summed E-state index contributed by atoms with van der Waals surface area (Å²) < 4.78 is 62.9. The molecule has 0 aromatic heterocycles. The molecule has 38 heavy (non-hydrogen) atoms. The van der Waals surface area contributed by atoms with Crippen molar-refractivity contribution in [1.29, 1.82) is 0 Å². The van der Waals surface area contributed by atoms with Crippen molar-refractivity contribution in [2.75, 3.05) is 12.3 Å². The van der Waals surface area contributed by atoms with Gasteiger partial charge in [0.15, 0.2) is 5.44 Å². The fourth-order valence-corrected chi connectivity index (χ4v) is 7.14. The molecule has 11 nitrogen and oxygen atoms in total. The predicted octanol–water partition coefficient (Wildman–Crippen LogP) is -1.52. The van der Waals surface area contributed by atoms with Crippen LogP contribution in [0.2, 0.25) is 0 Å². The first-order chi connectivity index (χ1) is 17.4. The molecule has 2 rings (SSSR count). The van der Waals surface area contributed by atoms with E-state index in [0.717, 1.165) is 64.2 Å². The van der Waals surface area contributed by atoms with Gasteiger partial charge < -0.3 is 20.3 Å². The summed E-state index contributed by atoms with van der Waals surface area (Å²) in [6.07, 6.45) is 10.5. The molecule has 0 radical (unpaired) electrons. The molecule has 1 aliphatic heterocycles. The molecule has 0 bridgehead atoms. The number of unbranched alkanes of at least 4 members (excludes halogenated alkanes) is 5. The molecule has 1 heterocycles. The molecule has 1 aliphatic carbocycles. The van der Waals surface area contributed by atoms with E-state index in [4.69, 9.17) is 0 Å². The number of amides is 2. The van der Waals surface area contributed by atoms with Crippen LogP contribution < -0.4 is 44.9 Å². The molecule has 2 aliphatic rings. The minimum atomic E-state index is -5.20. The van der Waals surface area contributed by atoms with Gasteiger partial charge in [-0.1, -0.05) is 71.1 Å². The molecule has 0 spiro atoms. The van der Waals surface area contributed by atoms with E-state index in [1.54, 1.807) is 0 Å². The van der Waals surface area contributed by atoms with Crippen molar-refractivity contribution in [2.24, 2.45) is 11.8 Å². The average Bonchev–Trinajstić information content (AvgIpc) is 3.24. The number of nitrogens with one attached hydrogen (secondary N) is 3. The largest absolute Gasteiger partial charge is 1.00 e. The summed E-state index contributed by atoms with van der Waals surface area (Å²) in [6.45, 7) is 2.47. The molecule has 0 aromatic rings. The molecule has 0 aromatic carbocycles. The molecule has 2 amide bonds. The first kappa shape index (κ1) is 35.7. The number of hydrogen-bond acceptors (Lipinski definition) is 8. The van der Waals surface area contributed by atoms with Crippen molar-refractivity contribution in [3.05, 3.63) is 0 Å². The third-order valence-corrected chi connectivity index (χ3v) is 9.76. The number of carbonyl (C=O) groups is 2. The van der Waals surface area contributed by atoms with Crippen LogP contribution >= 0.6 is 0 Å². The van der Waals surface area contributed by atoms with E-state index < -0.39 is 49.5 Å². The van der Waals surface area contributed by atoms with Crippen LogP contribution in [-0.2, 0) is 29.7 Å². The van der Waals surface area contributed by atoms with Gasteiger partial charge in [-0.15, -0.1) is 0 Å². The zero-order valence-corrected chi connectivity index (χ0v) is 26.5. The Bertz CT molecular complexity index is 942.